The maximum atomic E-state index is 12.6. The monoisotopic (exact) mass is 357 g/mol. The van der Waals surface area contributed by atoms with Crippen LogP contribution in [-0.2, 0) is 6.54 Å². The molecule has 7 heteroatoms. The maximum absolute atomic E-state index is 12.6. The molecule has 0 atom stereocenters. The van der Waals surface area contributed by atoms with Crippen molar-refractivity contribution in [2.24, 2.45) is 0 Å². The summed E-state index contributed by atoms with van der Waals surface area (Å²) < 4.78 is 7.34. The Labute approximate surface area is 146 Å². The lowest BCUT2D eigenvalue weighted by Crippen LogP contribution is -2.17. The fourth-order valence-corrected chi connectivity index (χ4v) is 3.30. The predicted octanol–water partition coefficient (Wildman–Crippen LogP) is 4.64. The SMILES string of the molecule is O=C(Nc1nccs1)c1cc2occc2n1Cc1ccccc1Cl. The van der Waals surface area contributed by atoms with E-state index in [1.165, 1.54) is 11.3 Å². The third kappa shape index (κ3) is 2.70. The summed E-state index contributed by atoms with van der Waals surface area (Å²) in [6.45, 7) is 0.476. The van der Waals surface area contributed by atoms with Crippen LogP contribution in [0.5, 0.6) is 0 Å². The molecule has 0 unspecified atom stereocenters. The number of aromatic nitrogens is 2. The second-order valence-corrected chi connectivity index (χ2v) is 6.47. The topological polar surface area (TPSA) is 60.1 Å². The van der Waals surface area contributed by atoms with Gasteiger partial charge in [0.1, 0.15) is 5.69 Å². The van der Waals surface area contributed by atoms with Crippen molar-refractivity contribution in [1.29, 1.82) is 0 Å². The zero-order valence-corrected chi connectivity index (χ0v) is 14.0. The number of fused-ring (bicyclic) bond motifs is 1. The van der Waals surface area contributed by atoms with Gasteiger partial charge in [0.2, 0.25) is 0 Å². The molecule has 0 fully saturated rings. The van der Waals surface area contributed by atoms with Gasteiger partial charge in [-0.05, 0) is 11.6 Å². The number of hydrogen-bond donors (Lipinski definition) is 1. The number of carbonyl (C=O) groups excluding carboxylic acids is 1. The predicted molar refractivity (Wildman–Crippen MR) is 94.8 cm³/mol. The number of benzene rings is 1. The first kappa shape index (κ1) is 15.0. The van der Waals surface area contributed by atoms with E-state index in [-0.39, 0.29) is 5.91 Å². The molecule has 0 aliphatic carbocycles. The molecule has 0 spiro atoms. The van der Waals surface area contributed by atoms with Gasteiger partial charge in [-0.25, -0.2) is 4.98 Å². The van der Waals surface area contributed by atoms with Crippen molar-refractivity contribution >= 4 is 45.1 Å². The Morgan fingerprint density at radius 2 is 2.21 bits per heavy atom. The van der Waals surface area contributed by atoms with Crippen LogP contribution in [0.15, 0.2) is 58.7 Å². The smallest absolute Gasteiger partial charge is 0.274 e. The number of carbonyl (C=O) groups is 1. The number of nitrogens with zero attached hydrogens (tertiary/aromatic N) is 2. The van der Waals surface area contributed by atoms with Crippen LogP contribution >= 0.6 is 22.9 Å². The Bertz CT molecular complexity index is 1000. The first-order chi connectivity index (χ1) is 11.7. The number of anilines is 1. The molecule has 0 saturated carbocycles. The Morgan fingerprint density at radius 1 is 1.33 bits per heavy atom. The van der Waals surface area contributed by atoms with Gasteiger partial charge in [-0.1, -0.05) is 29.8 Å². The van der Waals surface area contributed by atoms with Crippen LogP contribution in [0.4, 0.5) is 5.13 Å². The van der Waals surface area contributed by atoms with Crippen LogP contribution in [0.1, 0.15) is 16.1 Å². The third-order valence-electron chi connectivity index (χ3n) is 3.69. The van der Waals surface area contributed by atoms with Gasteiger partial charge in [0.25, 0.3) is 5.91 Å². The highest BCUT2D eigenvalue weighted by Gasteiger charge is 2.19. The third-order valence-corrected chi connectivity index (χ3v) is 4.75. The van der Waals surface area contributed by atoms with Crippen LogP contribution in [0.2, 0.25) is 5.02 Å². The van der Waals surface area contributed by atoms with Gasteiger partial charge in [0, 0.05) is 35.3 Å². The second kappa shape index (κ2) is 6.14. The lowest BCUT2D eigenvalue weighted by molar-refractivity contribution is 0.101. The van der Waals surface area contributed by atoms with Crippen molar-refractivity contribution in [2.75, 3.05) is 5.32 Å². The largest absolute Gasteiger partial charge is 0.463 e. The molecule has 5 nitrogen and oxygen atoms in total. The lowest BCUT2D eigenvalue weighted by atomic mass is 10.2. The van der Waals surface area contributed by atoms with Crippen molar-refractivity contribution in [2.45, 2.75) is 6.54 Å². The average Bonchev–Trinajstić information content (AvgIpc) is 3.28. The van der Waals surface area contributed by atoms with Gasteiger partial charge in [0.15, 0.2) is 10.7 Å². The fourth-order valence-electron chi connectivity index (χ4n) is 2.58. The summed E-state index contributed by atoms with van der Waals surface area (Å²) in [5, 5.41) is 5.83. The zero-order valence-electron chi connectivity index (χ0n) is 12.4. The maximum Gasteiger partial charge on any atom is 0.274 e. The molecule has 4 rings (SSSR count). The first-order valence-corrected chi connectivity index (χ1v) is 8.49. The first-order valence-electron chi connectivity index (χ1n) is 7.23. The summed E-state index contributed by atoms with van der Waals surface area (Å²) in [6, 6.07) is 11.2. The van der Waals surface area contributed by atoms with E-state index in [2.05, 4.69) is 10.3 Å². The number of furan rings is 1. The summed E-state index contributed by atoms with van der Waals surface area (Å²) >= 11 is 7.64. The molecule has 0 bridgehead atoms. The number of halogens is 1. The van der Waals surface area contributed by atoms with Crippen molar-refractivity contribution in [3.05, 3.63) is 70.5 Å². The summed E-state index contributed by atoms with van der Waals surface area (Å²) in [5.41, 5.74) is 2.94. The Balaban J connectivity index is 1.74. The molecular formula is C17H12ClN3O2S. The Kier molecular flexibility index (Phi) is 3.84. The van der Waals surface area contributed by atoms with E-state index < -0.39 is 0 Å². The van der Waals surface area contributed by atoms with Gasteiger partial charge < -0.3 is 8.98 Å². The van der Waals surface area contributed by atoms with Gasteiger partial charge >= 0.3 is 0 Å². The molecule has 0 aliphatic rings. The molecule has 3 aromatic heterocycles. The molecule has 0 aliphatic heterocycles. The highest BCUT2D eigenvalue weighted by molar-refractivity contribution is 7.13. The minimum atomic E-state index is -0.233. The average molecular weight is 358 g/mol. The number of amides is 1. The quantitative estimate of drug-likeness (QED) is 0.578. The van der Waals surface area contributed by atoms with E-state index in [1.54, 1.807) is 18.5 Å². The van der Waals surface area contributed by atoms with Crippen molar-refractivity contribution < 1.29 is 9.21 Å². The van der Waals surface area contributed by atoms with E-state index >= 15 is 0 Å². The summed E-state index contributed by atoms with van der Waals surface area (Å²) in [6.07, 6.45) is 3.26. The molecule has 0 radical (unpaired) electrons. The molecule has 1 aromatic carbocycles. The van der Waals surface area contributed by atoms with Crippen molar-refractivity contribution in [1.82, 2.24) is 9.55 Å². The second-order valence-electron chi connectivity index (χ2n) is 5.17. The lowest BCUT2D eigenvalue weighted by Gasteiger charge is -2.11. The molecule has 24 heavy (non-hydrogen) atoms. The normalized spacial score (nSPS) is 11.0. The standard InChI is InChI=1S/C17H12ClN3O2S/c18-12-4-2-1-3-11(12)10-21-13-5-7-23-15(13)9-14(21)16(22)20-17-19-6-8-24-17/h1-9H,10H2,(H,19,20,22). The highest BCUT2D eigenvalue weighted by Crippen LogP contribution is 2.25. The molecule has 1 N–H and O–H groups in total. The summed E-state index contributed by atoms with van der Waals surface area (Å²) in [5.74, 6) is -0.233. The van der Waals surface area contributed by atoms with Crippen LogP contribution in [0.25, 0.3) is 11.1 Å². The fraction of sp³-hybridized carbons (Fsp3) is 0.0588. The molecule has 120 valence electrons. The Hall–Kier alpha value is -2.57. The Morgan fingerprint density at radius 3 is 3.00 bits per heavy atom. The van der Waals surface area contributed by atoms with E-state index in [0.29, 0.717) is 28.0 Å². The van der Waals surface area contributed by atoms with E-state index in [4.69, 9.17) is 16.0 Å². The van der Waals surface area contributed by atoms with Gasteiger partial charge in [-0.2, -0.15) is 0 Å². The molecule has 3 heterocycles. The number of thiazole rings is 1. The number of nitrogens with one attached hydrogen (secondary N) is 1. The van der Waals surface area contributed by atoms with Crippen molar-refractivity contribution in [3.63, 3.8) is 0 Å². The van der Waals surface area contributed by atoms with Gasteiger partial charge in [-0.3, -0.25) is 10.1 Å². The van der Waals surface area contributed by atoms with Gasteiger partial charge in [-0.15, -0.1) is 11.3 Å². The van der Waals surface area contributed by atoms with E-state index in [1.807, 2.05) is 40.3 Å². The molecule has 0 saturated heterocycles. The van der Waals surface area contributed by atoms with Crippen LogP contribution in [-0.4, -0.2) is 15.5 Å². The molecule has 4 aromatic rings. The molecule has 1 amide bonds. The molecular weight excluding hydrogens is 346 g/mol. The van der Waals surface area contributed by atoms with Crippen molar-refractivity contribution in [3.8, 4) is 0 Å². The summed E-state index contributed by atoms with van der Waals surface area (Å²) in [4.78, 5) is 16.7. The van der Waals surface area contributed by atoms with Gasteiger partial charge in [0.05, 0.1) is 11.8 Å². The van der Waals surface area contributed by atoms with E-state index in [0.717, 1.165) is 11.1 Å². The minimum absolute atomic E-state index is 0.233. The number of rotatable bonds is 4. The zero-order chi connectivity index (χ0) is 16.5. The van der Waals surface area contributed by atoms with Crippen LogP contribution < -0.4 is 5.32 Å². The van der Waals surface area contributed by atoms with Crippen LogP contribution in [0.3, 0.4) is 0 Å². The summed E-state index contributed by atoms with van der Waals surface area (Å²) in [7, 11) is 0. The number of hydrogen-bond acceptors (Lipinski definition) is 4. The van der Waals surface area contributed by atoms with Crippen LogP contribution in [0, 0.1) is 0 Å². The minimum Gasteiger partial charge on any atom is -0.463 e. The van der Waals surface area contributed by atoms with E-state index in [9.17, 15) is 4.79 Å². The highest BCUT2D eigenvalue weighted by atomic mass is 35.5.